The van der Waals surface area contributed by atoms with E-state index in [0.717, 1.165) is 18.8 Å². The Hall–Kier alpha value is -2.23. The van der Waals surface area contributed by atoms with Crippen molar-refractivity contribution >= 4 is 5.91 Å². The van der Waals surface area contributed by atoms with Gasteiger partial charge in [-0.25, -0.2) is 9.97 Å². The molecule has 1 aromatic heterocycles. The molecule has 1 saturated heterocycles. The first-order chi connectivity index (χ1) is 10.5. The minimum absolute atomic E-state index is 0.0320. The second-order valence-corrected chi connectivity index (χ2v) is 6.66. The fourth-order valence-electron chi connectivity index (χ4n) is 3.30. The van der Waals surface area contributed by atoms with Crippen LogP contribution in [0.25, 0.3) is 0 Å². The van der Waals surface area contributed by atoms with Crippen LogP contribution in [0.3, 0.4) is 0 Å². The molecule has 1 fully saturated rings. The molecule has 2 aromatic rings. The van der Waals surface area contributed by atoms with Crippen molar-refractivity contribution < 1.29 is 4.79 Å². The van der Waals surface area contributed by atoms with E-state index in [0.29, 0.717) is 11.5 Å². The zero-order valence-corrected chi connectivity index (χ0v) is 13.3. The lowest BCUT2D eigenvalue weighted by Crippen LogP contribution is -2.31. The normalized spacial score (nSPS) is 20.1. The average molecular weight is 295 g/mol. The number of hydrogen-bond donors (Lipinski definition) is 0. The van der Waals surface area contributed by atoms with Crippen molar-refractivity contribution in [3.05, 3.63) is 59.7 Å². The highest BCUT2D eigenvalue weighted by atomic mass is 16.2. The van der Waals surface area contributed by atoms with Gasteiger partial charge in [-0.2, -0.15) is 0 Å². The van der Waals surface area contributed by atoms with E-state index in [1.807, 2.05) is 17.9 Å². The van der Waals surface area contributed by atoms with Crippen molar-refractivity contribution in [1.82, 2.24) is 14.9 Å². The van der Waals surface area contributed by atoms with E-state index >= 15 is 0 Å². The third-order valence-corrected chi connectivity index (χ3v) is 4.58. The SMILES string of the molecule is Cc1ncncc1C(=O)N1C[C@H](c2ccccc2)C(C)(C)C1. The van der Waals surface area contributed by atoms with Crippen LogP contribution in [0, 0.1) is 12.3 Å². The summed E-state index contributed by atoms with van der Waals surface area (Å²) in [4.78, 5) is 22.8. The Morgan fingerprint density at radius 2 is 2.00 bits per heavy atom. The molecule has 0 N–H and O–H groups in total. The first-order valence-electron chi connectivity index (χ1n) is 7.60. The number of aryl methyl sites for hydroxylation is 1. The number of nitrogens with zero attached hydrogens (tertiary/aromatic N) is 3. The quantitative estimate of drug-likeness (QED) is 0.855. The number of carbonyl (C=O) groups excluding carboxylic acids is 1. The Kier molecular flexibility index (Phi) is 3.69. The van der Waals surface area contributed by atoms with Crippen molar-refractivity contribution in [2.75, 3.05) is 13.1 Å². The minimum Gasteiger partial charge on any atom is -0.337 e. The van der Waals surface area contributed by atoms with Gasteiger partial charge in [-0.3, -0.25) is 4.79 Å². The lowest BCUT2D eigenvalue weighted by atomic mass is 9.78. The van der Waals surface area contributed by atoms with E-state index in [4.69, 9.17) is 0 Å². The first-order valence-corrected chi connectivity index (χ1v) is 7.60. The maximum Gasteiger partial charge on any atom is 0.257 e. The number of aromatic nitrogens is 2. The molecule has 2 heterocycles. The molecule has 1 aliphatic heterocycles. The second kappa shape index (κ2) is 5.52. The standard InChI is InChI=1S/C18H21N3O/c1-13-15(9-19-12-20-13)17(22)21-10-16(18(2,3)11-21)14-7-5-4-6-8-14/h4-9,12,16H,10-11H2,1-3H3/t16-/m1/s1. The molecule has 3 rings (SSSR count). The zero-order valence-electron chi connectivity index (χ0n) is 13.3. The Balaban J connectivity index is 1.86. The van der Waals surface area contributed by atoms with E-state index in [1.54, 1.807) is 6.20 Å². The molecule has 0 saturated carbocycles. The number of hydrogen-bond acceptors (Lipinski definition) is 3. The number of carbonyl (C=O) groups is 1. The minimum atomic E-state index is 0.0320. The van der Waals surface area contributed by atoms with Gasteiger partial charge >= 0.3 is 0 Å². The number of likely N-dealkylation sites (tertiary alicyclic amines) is 1. The molecule has 22 heavy (non-hydrogen) atoms. The summed E-state index contributed by atoms with van der Waals surface area (Å²) < 4.78 is 0. The van der Waals surface area contributed by atoms with E-state index in [1.165, 1.54) is 11.9 Å². The van der Waals surface area contributed by atoms with E-state index in [9.17, 15) is 4.79 Å². The fraction of sp³-hybridized carbons (Fsp3) is 0.389. The van der Waals surface area contributed by atoms with Crippen molar-refractivity contribution in [3.63, 3.8) is 0 Å². The molecular formula is C18H21N3O. The molecule has 4 nitrogen and oxygen atoms in total. The highest BCUT2D eigenvalue weighted by Gasteiger charge is 2.42. The monoisotopic (exact) mass is 295 g/mol. The first kappa shape index (κ1) is 14.7. The molecule has 4 heteroatoms. The summed E-state index contributed by atoms with van der Waals surface area (Å²) in [5, 5.41) is 0. The molecular weight excluding hydrogens is 274 g/mol. The average Bonchev–Trinajstić information content (AvgIpc) is 2.83. The summed E-state index contributed by atoms with van der Waals surface area (Å²) in [5.74, 6) is 0.382. The number of rotatable bonds is 2. The van der Waals surface area contributed by atoms with Crippen LogP contribution in [0.5, 0.6) is 0 Å². The predicted molar refractivity (Wildman–Crippen MR) is 85.6 cm³/mol. The molecule has 0 aliphatic carbocycles. The lowest BCUT2D eigenvalue weighted by Gasteiger charge is -2.25. The zero-order chi connectivity index (χ0) is 15.7. The third-order valence-electron chi connectivity index (χ3n) is 4.58. The Bertz CT molecular complexity index is 682. The maximum atomic E-state index is 12.8. The highest BCUT2D eigenvalue weighted by Crippen LogP contribution is 2.42. The molecule has 1 amide bonds. The predicted octanol–water partition coefficient (Wildman–Crippen LogP) is 3.05. The summed E-state index contributed by atoms with van der Waals surface area (Å²) in [6.45, 7) is 7.80. The molecule has 0 unspecified atom stereocenters. The fourth-order valence-corrected chi connectivity index (χ4v) is 3.30. The van der Waals surface area contributed by atoms with Crippen LogP contribution in [-0.2, 0) is 0 Å². The van der Waals surface area contributed by atoms with Gasteiger partial charge in [-0.1, -0.05) is 44.2 Å². The van der Waals surface area contributed by atoms with Gasteiger partial charge in [-0.05, 0) is 17.9 Å². The molecule has 1 atom stereocenters. The highest BCUT2D eigenvalue weighted by molar-refractivity contribution is 5.95. The van der Waals surface area contributed by atoms with E-state index < -0.39 is 0 Å². The van der Waals surface area contributed by atoms with Crippen LogP contribution in [0.1, 0.15) is 41.4 Å². The van der Waals surface area contributed by atoms with Crippen LogP contribution in [0.2, 0.25) is 0 Å². The van der Waals surface area contributed by atoms with Gasteiger partial charge in [0.2, 0.25) is 0 Å². The Morgan fingerprint density at radius 3 is 2.68 bits per heavy atom. The Labute approximate surface area is 131 Å². The van der Waals surface area contributed by atoms with Gasteiger partial charge in [-0.15, -0.1) is 0 Å². The van der Waals surface area contributed by atoms with Crippen molar-refractivity contribution in [2.45, 2.75) is 26.7 Å². The van der Waals surface area contributed by atoms with Crippen LogP contribution in [-0.4, -0.2) is 33.9 Å². The summed E-state index contributed by atoms with van der Waals surface area (Å²) >= 11 is 0. The van der Waals surface area contributed by atoms with Gasteiger partial charge in [0.25, 0.3) is 5.91 Å². The summed E-state index contributed by atoms with van der Waals surface area (Å²) in [5.41, 5.74) is 2.69. The molecule has 0 bridgehead atoms. The van der Waals surface area contributed by atoms with Gasteiger partial charge < -0.3 is 4.90 Å². The van der Waals surface area contributed by atoms with Crippen LogP contribution >= 0.6 is 0 Å². The lowest BCUT2D eigenvalue weighted by molar-refractivity contribution is 0.0776. The summed E-state index contributed by atoms with van der Waals surface area (Å²) in [6.07, 6.45) is 3.10. The molecule has 1 aromatic carbocycles. The second-order valence-electron chi connectivity index (χ2n) is 6.66. The van der Waals surface area contributed by atoms with Crippen molar-refractivity contribution in [3.8, 4) is 0 Å². The van der Waals surface area contributed by atoms with Crippen molar-refractivity contribution in [1.29, 1.82) is 0 Å². The van der Waals surface area contributed by atoms with Crippen LogP contribution in [0.4, 0.5) is 0 Å². The van der Waals surface area contributed by atoms with E-state index in [-0.39, 0.29) is 11.3 Å². The van der Waals surface area contributed by atoms with E-state index in [2.05, 4.69) is 48.1 Å². The summed E-state index contributed by atoms with van der Waals surface area (Å²) in [7, 11) is 0. The van der Waals surface area contributed by atoms with Gasteiger partial charge in [0.1, 0.15) is 6.33 Å². The van der Waals surface area contributed by atoms with Crippen LogP contribution < -0.4 is 0 Å². The molecule has 0 radical (unpaired) electrons. The molecule has 114 valence electrons. The van der Waals surface area contributed by atoms with Gasteiger partial charge in [0.05, 0.1) is 11.3 Å². The smallest absolute Gasteiger partial charge is 0.257 e. The topological polar surface area (TPSA) is 46.1 Å². The van der Waals surface area contributed by atoms with Crippen LogP contribution in [0.15, 0.2) is 42.9 Å². The number of benzene rings is 1. The maximum absolute atomic E-state index is 12.8. The summed E-state index contributed by atoms with van der Waals surface area (Å²) in [6, 6.07) is 10.4. The largest absolute Gasteiger partial charge is 0.337 e. The molecule has 1 aliphatic rings. The Morgan fingerprint density at radius 1 is 1.27 bits per heavy atom. The number of amides is 1. The van der Waals surface area contributed by atoms with Gasteiger partial charge in [0.15, 0.2) is 0 Å². The van der Waals surface area contributed by atoms with Crippen molar-refractivity contribution in [2.24, 2.45) is 5.41 Å². The van der Waals surface area contributed by atoms with Gasteiger partial charge in [0, 0.05) is 25.2 Å². The third kappa shape index (κ3) is 2.61. The molecule has 0 spiro atoms.